The maximum absolute atomic E-state index is 12.7. The van der Waals surface area contributed by atoms with Gasteiger partial charge in [-0.2, -0.15) is 0 Å². The number of amides is 2. The zero-order valence-corrected chi connectivity index (χ0v) is 16.4. The van der Waals surface area contributed by atoms with E-state index in [-0.39, 0.29) is 12.0 Å². The molecule has 0 saturated carbocycles. The van der Waals surface area contributed by atoms with Crippen molar-refractivity contribution in [3.8, 4) is 0 Å². The Morgan fingerprint density at radius 3 is 2.39 bits per heavy atom. The van der Waals surface area contributed by atoms with Crippen LogP contribution in [-0.4, -0.2) is 101 Å². The van der Waals surface area contributed by atoms with Gasteiger partial charge in [0.25, 0.3) is 0 Å². The molecule has 0 unspecified atom stereocenters. The summed E-state index contributed by atoms with van der Waals surface area (Å²) in [7, 11) is 0. The molecule has 3 aliphatic heterocycles. The first-order valence-electron chi connectivity index (χ1n) is 10.1. The van der Waals surface area contributed by atoms with E-state index in [4.69, 9.17) is 4.74 Å². The van der Waals surface area contributed by atoms with Gasteiger partial charge < -0.3 is 19.4 Å². The summed E-state index contributed by atoms with van der Waals surface area (Å²) in [5.74, 6) is 0.915. The third-order valence-corrected chi connectivity index (χ3v) is 6.02. The highest BCUT2D eigenvalue weighted by Crippen LogP contribution is 2.33. The number of aromatic nitrogens is 2. The third-order valence-electron chi connectivity index (χ3n) is 6.02. The summed E-state index contributed by atoms with van der Waals surface area (Å²) in [6.45, 7) is 8.32. The lowest BCUT2D eigenvalue weighted by Gasteiger charge is -2.39. The van der Waals surface area contributed by atoms with Gasteiger partial charge in [0, 0.05) is 71.0 Å². The van der Waals surface area contributed by atoms with Crippen molar-refractivity contribution in [3.63, 3.8) is 0 Å². The molecule has 0 radical (unpaired) electrons. The van der Waals surface area contributed by atoms with E-state index in [0.29, 0.717) is 32.7 Å². The van der Waals surface area contributed by atoms with Crippen LogP contribution in [-0.2, 0) is 9.53 Å². The number of likely N-dealkylation sites (N-methyl/N-ethyl adjacent to an activating group) is 1. The van der Waals surface area contributed by atoms with E-state index >= 15 is 0 Å². The SMILES string of the molecule is CCN1CC2(CCN(C(=O)CN3CCN(c4ncccn4)CC3)CC2)OC1=O. The monoisotopic (exact) mass is 388 g/mol. The van der Waals surface area contributed by atoms with Crippen molar-refractivity contribution in [3.05, 3.63) is 18.5 Å². The minimum absolute atomic E-state index is 0.163. The predicted octanol–water partition coefficient (Wildman–Crippen LogP) is 0.432. The van der Waals surface area contributed by atoms with Gasteiger partial charge in [-0.3, -0.25) is 9.69 Å². The first kappa shape index (κ1) is 18.9. The minimum Gasteiger partial charge on any atom is -0.441 e. The number of likely N-dealkylation sites (tertiary alicyclic amines) is 1. The van der Waals surface area contributed by atoms with Crippen LogP contribution in [0.15, 0.2) is 18.5 Å². The average molecular weight is 388 g/mol. The number of carbonyl (C=O) groups is 2. The molecule has 4 rings (SSSR count). The number of hydrogen-bond acceptors (Lipinski definition) is 7. The van der Waals surface area contributed by atoms with Gasteiger partial charge in [0.1, 0.15) is 5.60 Å². The molecule has 3 saturated heterocycles. The Balaban J connectivity index is 1.23. The molecule has 152 valence electrons. The van der Waals surface area contributed by atoms with Crippen molar-refractivity contribution in [2.24, 2.45) is 0 Å². The van der Waals surface area contributed by atoms with E-state index in [1.165, 1.54) is 0 Å². The Morgan fingerprint density at radius 2 is 1.79 bits per heavy atom. The van der Waals surface area contributed by atoms with E-state index in [2.05, 4.69) is 19.8 Å². The number of piperazine rings is 1. The molecule has 0 aromatic carbocycles. The van der Waals surface area contributed by atoms with Crippen LogP contribution in [0.4, 0.5) is 10.7 Å². The Kier molecular flexibility index (Phi) is 5.34. The molecule has 0 N–H and O–H groups in total. The standard InChI is InChI=1S/C19H28N6O3/c1-2-23-15-19(28-18(23)27)4-8-24(9-5-19)16(26)14-22-10-12-25(13-11-22)17-20-6-3-7-21-17/h3,6-7H,2,4-5,8-15H2,1H3. The lowest BCUT2D eigenvalue weighted by molar-refractivity contribution is -0.135. The maximum atomic E-state index is 12.7. The van der Waals surface area contributed by atoms with Crippen LogP contribution in [0.2, 0.25) is 0 Å². The minimum atomic E-state index is -0.398. The van der Waals surface area contributed by atoms with Crippen LogP contribution in [0.5, 0.6) is 0 Å². The molecule has 2 amide bonds. The molecule has 28 heavy (non-hydrogen) atoms. The Morgan fingerprint density at radius 1 is 1.11 bits per heavy atom. The lowest BCUT2D eigenvalue weighted by Crippen LogP contribution is -2.53. The number of piperidine rings is 1. The molecule has 9 nitrogen and oxygen atoms in total. The van der Waals surface area contributed by atoms with Gasteiger partial charge in [-0.15, -0.1) is 0 Å². The van der Waals surface area contributed by atoms with E-state index in [9.17, 15) is 9.59 Å². The fourth-order valence-corrected chi connectivity index (χ4v) is 4.21. The number of rotatable bonds is 4. The molecular formula is C19H28N6O3. The van der Waals surface area contributed by atoms with Gasteiger partial charge in [0.2, 0.25) is 11.9 Å². The zero-order valence-electron chi connectivity index (χ0n) is 16.4. The normalized spacial score (nSPS) is 22.6. The van der Waals surface area contributed by atoms with Crippen molar-refractivity contribution in [2.45, 2.75) is 25.4 Å². The fraction of sp³-hybridized carbons (Fsp3) is 0.684. The van der Waals surface area contributed by atoms with E-state index in [1.807, 2.05) is 17.9 Å². The number of carbonyl (C=O) groups excluding carboxylic acids is 2. The van der Waals surface area contributed by atoms with Gasteiger partial charge in [0.05, 0.1) is 13.1 Å². The second-order valence-corrected chi connectivity index (χ2v) is 7.76. The first-order chi connectivity index (χ1) is 13.6. The van der Waals surface area contributed by atoms with Crippen LogP contribution in [0.3, 0.4) is 0 Å². The predicted molar refractivity (Wildman–Crippen MR) is 103 cm³/mol. The highest BCUT2D eigenvalue weighted by molar-refractivity contribution is 5.78. The second kappa shape index (κ2) is 7.90. The third kappa shape index (κ3) is 3.89. The number of nitrogens with zero attached hydrogens (tertiary/aromatic N) is 6. The van der Waals surface area contributed by atoms with Gasteiger partial charge >= 0.3 is 6.09 Å². The van der Waals surface area contributed by atoms with Gasteiger partial charge in [0.15, 0.2) is 0 Å². The van der Waals surface area contributed by atoms with Crippen molar-refractivity contribution >= 4 is 17.9 Å². The van der Waals surface area contributed by atoms with E-state index < -0.39 is 5.60 Å². The molecule has 1 aromatic rings. The Hall–Kier alpha value is -2.42. The van der Waals surface area contributed by atoms with E-state index in [0.717, 1.165) is 45.0 Å². The largest absolute Gasteiger partial charge is 0.441 e. The Labute approximate surface area is 165 Å². The van der Waals surface area contributed by atoms with Crippen LogP contribution < -0.4 is 4.90 Å². The molecule has 3 fully saturated rings. The number of anilines is 1. The molecule has 0 atom stereocenters. The van der Waals surface area contributed by atoms with Crippen LogP contribution in [0, 0.1) is 0 Å². The molecular weight excluding hydrogens is 360 g/mol. The second-order valence-electron chi connectivity index (χ2n) is 7.76. The molecule has 9 heteroatoms. The smallest absolute Gasteiger partial charge is 0.410 e. The van der Waals surface area contributed by atoms with Crippen LogP contribution in [0.1, 0.15) is 19.8 Å². The highest BCUT2D eigenvalue weighted by atomic mass is 16.6. The molecule has 1 aromatic heterocycles. The van der Waals surface area contributed by atoms with E-state index in [1.54, 1.807) is 17.3 Å². The summed E-state index contributed by atoms with van der Waals surface area (Å²) in [4.78, 5) is 41.2. The Bertz CT molecular complexity index is 699. The van der Waals surface area contributed by atoms with Crippen LogP contribution >= 0.6 is 0 Å². The summed E-state index contributed by atoms with van der Waals surface area (Å²) in [6, 6.07) is 1.81. The summed E-state index contributed by atoms with van der Waals surface area (Å²) < 4.78 is 5.65. The quantitative estimate of drug-likeness (QED) is 0.740. The van der Waals surface area contributed by atoms with Crippen molar-refractivity contribution < 1.29 is 14.3 Å². The van der Waals surface area contributed by atoms with Crippen molar-refractivity contribution in [1.82, 2.24) is 24.7 Å². The zero-order chi connectivity index (χ0) is 19.6. The topological polar surface area (TPSA) is 82.1 Å². The molecule has 1 spiro atoms. The van der Waals surface area contributed by atoms with Gasteiger partial charge in [-0.1, -0.05) is 0 Å². The summed E-state index contributed by atoms with van der Waals surface area (Å²) in [5, 5.41) is 0. The molecule has 3 aliphatic rings. The molecule has 0 aliphatic carbocycles. The average Bonchev–Trinajstić information content (AvgIpc) is 3.04. The first-order valence-corrected chi connectivity index (χ1v) is 10.1. The number of hydrogen-bond donors (Lipinski definition) is 0. The van der Waals surface area contributed by atoms with Crippen LogP contribution in [0.25, 0.3) is 0 Å². The summed E-state index contributed by atoms with van der Waals surface area (Å²) >= 11 is 0. The molecule has 4 heterocycles. The lowest BCUT2D eigenvalue weighted by atomic mass is 9.91. The maximum Gasteiger partial charge on any atom is 0.410 e. The van der Waals surface area contributed by atoms with Gasteiger partial charge in [-0.25, -0.2) is 14.8 Å². The highest BCUT2D eigenvalue weighted by Gasteiger charge is 2.47. The molecule has 0 bridgehead atoms. The number of ether oxygens (including phenoxy) is 1. The summed E-state index contributed by atoms with van der Waals surface area (Å²) in [6.07, 6.45) is 4.73. The fourth-order valence-electron chi connectivity index (χ4n) is 4.21. The van der Waals surface area contributed by atoms with Crippen molar-refractivity contribution in [1.29, 1.82) is 0 Å². The van der Waals surface area contributed by atoms with Crippen molar-refractivity contribution in [2.75, 3.05) is 63.8 Å². The van der Waals surface area contributed by atoms with Gasteiger partial charge in [-0.05, 0) is 13.0 Å². The summed E-state index contributed by atoms with van der Waals surface area (Å²) in [5.41, 5.74) is -0.398.